The number of piperazine rings is 1. The second-order valence-electron chi connectivity index (χ2n) is 9.52. The van der Waals surface area contributed by atoms with Gasteiger partial charge in [-0.1, -0.05) is 18.9 Å². The summed E-state index contributed by atoms with van der Waals surface area (Å²) >= 11 is 1.70. The summed E-state index contributed by atoms with van der Waals surface area (Å²) in [6.07, 6.45) is 1.72. The van der Waals surface area contributed by atoms with Crippen LogP contribution in [0.15, 0.2) is 53.6 Å². The molecule has 36 heavy (non-hydrogen) atoms. The molecule has 0 atom stereocenters. The van der Waals surface area contributed by atoms with Gasteiger partial charge in [-0.2, -0.15) is 13.2 Å². The summed E-state index contributed by atoms with van der Waals surface area (Å²) in [5.74, 6) is 0.945. The molecule has 0 amide bonds. The van der Waals surface area contributed by atoms with Gasteiger partial charge in [0.05, 0.1) is 11.1 Å². The van der Waals surface area contributed by atoms with Crippen LogP contribution in [0.4, 0.5) is 24.5 Å². The SMILES string of the molecule is Cc1cc(NCCCCCCSc2ccnc3cc(C(F)(F)F)ccc23)ccc1N1CCN(C)CC1. The van der Waals surface area contributed by atoms with E-state index in [-0.39, 0.29) is 0 Å². The molecule has 0 radical (unpaired) electrons. The number of anilines is 2. The third kappa shape index (κ3) is 7.07. The van der Waals surface area contributed by atoms with E-state index in [0.717, 1.165) is 86.6 Å². The Morgan fingerprint density at radius 2 is 1.72 bits per heavy atom. The van der Waals surface area contributed by atoms with Crippen LogP contribution in [0, 0.1) is 6.92 Å². The molecule has 0 aliphatic carbocycles. The highest BCUT2D eigenvalue weighted by Crippen LogP contribution is 2.34. The minimum absolute atomic E-state index is 0.396. The number of thioether (sulfide) groups is 1. The number of likely N-dealkylation sites (N-methyl/N-ethyl adjacent to an activating group) is 1. The highest BCUT2D eigenvalue weighted by atomic mass is 32.2. The predicted molar refractivity (Wildman–Crippen MR) is 145 cm³/mol. The van der Waals surface area contributed by atoms with Crippen molar-refractivity contribution in [3.05, 3.63) is 59.8 Å². The van der Waals surface area contributed by atoms with Gasteiger partial charge in [-0.15, -0.1) is 11.8 Å². The molecule has 0 saturated carbocycles. The van der Waals surface area contributed by atoms with Gasteiger partial charge in [0.25, 0.3) is 0 Å². The Balaban J connectivity index is 1.15. The van der Waals surface area contributed by atoms with E-state index >= 15 is 0 Å². The molecule has 2 heterocycles. The van der Waals surface area contributed by atoms with Crippen molar-refractivity contribution in [2.75, 3.05) is 55.7 Å². The van der Waals surface area contributed by atoms with Gasteiger partial charge in [0.15, 0.2) is 0 Å². The number of alkyl halides is 3. The molecule has 1 aliphatic rings. The van der Waals surface area contributed by atoms with E-state index in [2.05, 4.69) is 52.3 Å². The van der Waals surface area contributed by atoms with Crippen molar-refractivity contribution in [2.24, 2.45) is 0 Å². The Morgan fingerprint density at radius 3 is 2.47 bits per heavy atom. The lowest BCUT2D eigenvalue weighted by Crippen LogP contribution is -2.44. The molecule has 4 rings (SSSR count). The van der Waals surface area contributed by atoms with Crippen LogP contribution in [-0.2, 0) is 6.18 Å². The average molecular weight is 517 g/mol. The monoisotopic (exact) mass is 516 g/mol. The van der Waals surface area contributed by atoms with Gasteiger partial charge in [0, 0.05) is 60.6 Å². The van der Waals surface area contributed by atoms with Crippen molar-refractivity contribution < 1.29 is 13.2 Å². The summed E-state index contributed by atoms with van der Waals surface area (Å²) in [6.45, 7) is 7.53. The number of hydrogen-bond donors (Lipinski definition) is 1. The van der Waals surface area contributed by atoms with E-state index in [0.29, 0.717) is 5.52 Å². The van der Waals surface area contributed by atoms with Gasteiger partial charge < -0.3 is 15.1 Å². The lowest BCUT2D eigenvalue weighted by molar-refractivity contribution is -0.137. The van der Waals surface area contributed by atoms with Gasteiger partial charge in [-0.25, -0.2) is 0 Å². The predicted octanol–water partition coefficient (Wildman–Crippen LogP) is 7.08. The fourth-order valence-electron chi connectivity index (χ4n) is 4.59. The van der Waals surface area contributed by atoms with Crippen LogP contribution in [0.25, 0.3) is 10.9 Å². The van der Waals surface area contributed by atoms with Crippen LogP contribution in [0.2, 0.25) is 0 Å². The van der Waals surface area contributed by atoms with Gasteiger partial charge in [-0.3, -0.25) is 4.98 Å². The molecular weight excluding hydrogens is 481 g/mol. The zero-order valence-electron chi connectivity index (χ0n) is 21.1. The fourth-order valence-corrected chi connectivity index (χ4v) is 5.64. The molecule has 1 aromatic heterocycles. The summed E-state index contributed by atoms with van der Waals surface area (Å²) in [7, 11) is 2.18. The van der Waals surface area contributed by atoms with E-state index in [9.17, 15) is 13.2 Å². The second kappa shape index (κ2) is 12.2. The maximum absolute atomic E-state index is 13.0. The van der Waals surface area contributed by atoms with Crippen LogP contribution in [0.5, 0.6) is 0 Å². The van der Waals surface area contributed by atoms with E-state index in [1.807, 2.05) is 6.07 Å². The second-order valence-corrected chi connectivity index (χ2v) is 10.7. The van der Waals surface area contributed by atoms with Crippen LogP contribution < -0.4 is 10.2 Å². The Labute approximate surface area is 216 Å². The van der Waals surface area contributed by atoms with Crippen LogP contribution in [0.1, 0.15) is 36.8 Å². The number of benzene rings is 2. The van der Waals surface area contributed by atoms with Crippen molar-refractivity contribution in [1.29, 1.82) is 0 Å². The lowest BCUT2D eigenvalue weighted by Gasteiger charge is -2.35. The van der Waals surface area contributed by atoms with Gasteiger partial charge in [0.1, 0.15) is 0 Å². The summed E-state index contributed by atoms with van der Waals surface area (Å²) in [5, 5.41) is 4.34. The first kappa shape index (κ1) is 26.6. The van der Waals surface area contributed by atoms with E-state index < -0.39 is 11.7 Å². The molecule has 8 heteroatoms. The minimum Gasteiger partial charge on any atom is -0.385 e. The number of halogens is 3. The normalized spacial score (nSPS) is 15.0. The molecule has 0 spiro atoms. The number of aryl methyl sites for hydroxylation is 1. The smallest absolute Gasteiger partial charge is 0.385 e. The number of aromatic nitrogens is 1. The quantitative estimate of drug-likeness (QED) is 0.230. The number of fused-ring (bicyclic) bond motifs is 1. The third-order valence-corrected chi connectivity index (χ3v) is 7.89. The molecule has 194 valence electrons. The molecule has 0 unspecified atom stereocenters. The Bertz CT molecular complexity index is 1140. The molecule has 3 aromatic rings. The maximum Gasteiger partial charge on any atom is 0.416 e. The standard InChI is InChI=1S/C28H35F3N4S/c1-21-19-23(8-10-26(21)35-16-14-34(2)15-17-35)32-12-5-3-4-6-18-36-27-11-13-33-25-20-22(28(29,30)31)7-9-24(25)27/h7-11,13,19-20,32H,3-6,12,14-18H2,1-2H3. The van der Waals surface area contributed by atoms with Crippen LogP contribution >= 0.6 is 11.8 Å². The Morgan fingerprint density at radius 1 is 0.944 bits per heavy atom. The highest BCUT2D eigenvalue weighted by molar-refractivity contribution is 7.99. The highest BCUT2D eigenvalue weighted by Gasteiger charge is 2.30. The number of pyridine rings is 1. The first-order valence-electron chi connectivity index (χ1n) is 12.7. The van der Waals surface area contributed by atoms with Crippen molar-refractivity contribution in [3.8, 4) is 0 Å². The number of nitrogens with one attached hydrogen (secondary N) is 1. The molecule has 1 aliphatic heterocycles. The molecule has 1 N–H and O–H groups in total. The number of unbranched alkanes of at least 4 members (excludes halogenated alkanes) is 3. The van der Waals surface area contributed by atoms with Crippen LogP contribution in [-0.4, -0.2) is 55.4 Å². The topological polar surface area (TPSA) is 31.4 Å². The average Bonchev–Trinajstić information content (AvgIpc) is 2.85. The van der Waals surface area contributed by atoms with Crippen molar-refractivity contribution >= 4 is 34.0 Å². The Kier molecular flexibility index (Phi) is 9.01. The van der Waals surface area contributed by atoms with Crippen molar-refractivity contribution in [1.82, 2.24) is 9.88 Å². The lowest BCUT2D eigenvalue weighted by atomic mass is 10.1. The zero-order valence-corrected chi connectivity index (χ0v) is 21.9. The summed E-state index contributed by atoms with van der Waals surface area (Å²) in [5.41, 5.74) is 3.58. The van der Waals surface area contributed by atoms with Gasteiger partial charge in [0.2, 0.25) is 0 Å². The molecular formula is C28H35F3N4S. The minimum atomic E-state index is -4.35. The molecule has 1 saturated heterocycles. The van der Waals surface area contributed by atoms with Crippen molar-refractivity contribution in [3.63, 3.8) is 0 Å². The fraction of sp³-hybridized carbons (Fsp3) is 0.464. The molecule has 2 aromatic carbocycles. The summed E-state index contributed by atoms with van der Waals surface area (Å²) in [4.78, 5) is 9.97. The van der Waals surface area contributed by atoms with E-state index in [1.165, 1.54) is 16.9 Å². The molecule has 0 bridgehead atoms. The summed E-state index contributed by atoms with van der Waals surface area (Å²) in [6, 6.07) is 12.4. The number of rotatable bonds is 10. The van der Waals surface area contributed by atoms with Crippen molar-refractivity contribution in [2.45, 2.75) is 43.7 Å². The maximum atomic E-state index is 13.0. The first-order valence-corrected chi connectivity index (χ1v) is 13.7. The largest absolute Gasteiger partial charge is 0.416 e. The van der Waals surface area contributed by atoms with E-state index in [4.69, 9.17) is 0 Å². The molecule has 4 nitrogen and oxygen atoms in total. The van der Waals surface area contributed by atoms with Gasteiger partial charge in [-0.05, 0) is 74.5 Å². The number of nitrogens with zero attached hydrogens (tertiary/aromatic N) is 3. The van der Waals surface area contributed by atoms with E-state index in [1.54, 1.807) is 24.0 Å². The third-order valence-electron chi connectivity index (χ3n) is 6.73. The molecule has 1 fully saturated rings. The first-order chi connectivity index (χ1) is 17.3. The zero-order chi connectivity index (χ0) is 25.5. The van der Waals surface area contributed by atoms with Crippen LogP contribution in [0.3, 0.4) is 0 Å². The number of hydrogen-bond acceptors (Lipinski definition) is 5. The van der Waals surface area contributed by atoms with Gasteiger partial charge >= 0.3 is 6.18 Å². The Hall–Kier alpha value is -2.45. The summed E-state index contributed by atoms with van der Waals surface area (Å²) < 4.78 is 38.9.